The zero-order chi connectivity index (χ0) is 11.6. The highest BCUT2D eigenvalue weighted by molar-refractivity contribution is 5.33. The van der Waals surface area contributed by atoms with Crippen molar-refractivity contribution in [2.24, 2.45) is 5.92 Å². The highest BCUT2D eigenvalue weighted by Crippen LogP contribution is 2.43. The Kier molecular flexibility index (Phi) is 3.20. The zero-order valence-corrected chi connectivity index (χ0v) is 10.1. The van der Waals surface area contributed by atoms with E-state index in [1.54, 1.807) is 0 Å². The van der Waals surface area contributed by atoms with Gasteiger partial charge in [0.05, 0.1) is 12.2 Å². The van der Waals surface area contributed by atoms with Crippen LogP contribution in [0.3, 0.4) is 0 Å². The number of rotatable bonds is 3. The predicted octanol–water partition coefficient (Wildman–Crippen LogP) is 3.09. The van der Waals surface area contributed by atoms with Crippen molar-refractivity contribution in [3.05, 3.63) is 29.8 Å². The number of benzene rings is 1. The third kappa shape index (κ3) is 1.94. The Morgan fingerprint density at radius 3 is 2.94 bits per heavy atom. The van der Waals surface area contributed by atoms with E-state index in [0.717, 1.165) is 30.6 Å². The molecule has 1 saturated carbocycles. The molecule has 2 unspecified atom stereocenters. The smallest absolute Gasteiger partial charge is 0.119 e. The molecular weight excluding hydrogens is 200 g/mol. The summed E-state index contributed by atoms with van der Waals surface area (Å²) in [5.41, 5.74) is 0.357. The first kappa shape index (κ1) is 11.5. The van der Waals surface area contributed by atoms with E-state index in [9.17, 15) is 5.11 Å². The summed E-state index contributed by atoms with van der Waals surface area (Å²) in [5.74, 6) is 1.19. The van der Waals surface area contributed by atoms with Gasteiger partial charge >= 0.3 is 0 Å². The Morgan fingerprint density at radius 1 is 1.50 bits per heavy atom. The number of hydrogen-bond donors (Lipinski definition) is 1. The molecule has 2 nitrogen and oxygen atoms in total. The lowest BCUT2D eigenvalue weighted by Gasteiger charge is -2.28. The van der Waals surface area contributed by atoms with E-state index in [2.05, 4.69) is 6.92 Å². The minimum atomic E-state index is -0.646. The number of hydrogen-bond acceptors (Lipinski definition) is 2. The molecule has 0 aliphatic heterocycles. The molecule has 0 saturated heterocycles. The van der Waals surface area contributed by atoms with Gasteiger partial charge in [-0.1, -0.05) is 19.1 Å². The third-order valence-corrected chi connectivity index (χ3v) is 3.66. The van der Waals surface area contributed by atoms with Crippen molar-refractivity contribution in [2.75, 3.05) is 6.61 Å². The molecule has 1 aromatic rings. The Bertz CT molecular complexity index is 362. The van der Waals surface area contributed by atoms with Crippen LogP contribution < -0.4 is 4.74 Å². The van der Waals surface area contributed by atoms with Crippen molar-refractivity contribution >= 4 is 0 Å². The molecule has 0 aromatic heterocycles. The fraction of sp³-hybridized carbons (Fsp3) is 0.571. The van der Waals surface area contributed by atoms with Crippen molar-refractivity contribution in [2.45, 2.75) is 38.7 Å². The summed E-state index contributed by atoms with van der Waals surface area (Å²) in [6.45, 7) is 4.76. The summed E-state index contributed by atoms with van der Waals surface area (Å²) in [7, 11) is 0. The fourth-order valence-electron chi connectivity index (χ4n) is 2.61. The van der Waals surface area contributed by atoms with Gasteiger partial charge in [-0.3, -0.25) is 0 Å². The molecule has 88 valence electrons. The largest absolute Gasteiger partial charge is 0.494 e. The lowest BCUT2D eigenvalue weighted by molar-refractivity contribution is 0.00428. The predicted molar refractivity (Wildman–Crippen MR) is 64.5 cm³/mol. The Morgan fingerprint density at radius 2 is 2.31 bits per heavy atom. The molecule has 1 N–H and O–H groups in total. The topological polar surface area (TPSA) is 29.5 Å². The van der Waals surface area contributed by atoms with E-state index in [1.807, 2.05) is 31.2 Å². The van der Waals surface area contributed by atoms with Crippen LogP contribution in [-0.4, -0.2) is 11.7 Å². The quantitative estimate of drug-likeness (QED) is 0.848. The molecule has 0 heterocycles. The first-order valence-electron chi connectivity index (χ1n) is 6.12. The van der Waals surface area contributed by atoms with Crippen LogP contribution in [0, 0.1) is 5.92 Å². The van der Waals surface area contributed by atoms with Crippen molar-refractivity contribution in [1.82, 2.24) is 0 Å². The third-order valence-electron chi connectivity index (χ3n) is 3.66. The lowest BCUT2D eigenvalue weighted by atomic mass is 9.85. The van der Waals surface area contributed by atoms with Gasteiger partial charge in [0.15, 0.2) is 0 Å². The fourth-order valence-corrected chi connectivity index (χ4v) is 2.61. The van der Waals surface area contributed by atoms with Gasteiger partial charge in [-0.2, -0.15) is 0 Å². The van der Waals surface area contributed by atoms with Crippen LogP contribution >= 0.6 is 0 Å². The maximum absolute atomic E-state index is 10.7. The minimum Gasteiger partial charge on any atom is -0.494 e. The normalized spacial score (nSPS) is 29.3. The summed E-state index contributed by atoms with van der Waals surface area (Å²) in [6.07, 6.45) is 3.08. The van der Waals surface area contributed by atoms with Crippen molar-refractivity contribution in [3.8, 4) is 5.75 Å². The summed E-state index contributed by atoms with van der Waals surface area (Å²) in [4.78, 5) is 0. The maximum Gasteiger partial charge on any atom is 0.119 e. The summed E-state index contributed by atoms with van der Waals surface area (Å²) in [6, 6.07) is 7.88. The van der Waals surface area contributed by atoms with Gasteiger partial charge in [0.1, 0.15) is 5.75 Å². The van der Waals surface area contributed by atoms with Crippen molar-refractivity contribution in [3.63, 3.8) is 0 Å². The first-order chi connectivity index (χ1) is 7.66. The standard InChI is InChI=1S/C14H20O2/c1-3-16-13-8-4-7-12(10-13)14(15)9-5-6-11(14)2/h4,7-8,10-11,15H,3,5-6,9H2,1-2H3. The van der Waals surface area contributed by atoms with E-state index in [1.165, 1.54) is 0 Å². The van der Waals surface area contributed by atoms with E-state index < -0.39 is 5.60 Å². The summed E-state index contributed by atoms with van der Waals surface area (Å²) in [5, 5.41) is 10.7. The molecule has 2 atom stereocenters. The van der Waals surface area contributed by atoms with Crippen LogP contribution in [0.1, 0.15) is 38.7 Å². The van der Waals surface area contributed by atoms with Crippen molar-refractivity contribution in [1.29, 1.82) is 0 Å². The zero-order valence-electron chi connectivity index (χ0n) is 10.1. The molecule has 0 spiro atoms. The highest BCUT2D eigenvalue weighted by Gasteiger charge is 2.39. The molecule has 1 aromatic carbocycles. The van der Waals surface area contributed by atoms with Crippen molar-refractivity contribution < 1.29 is 9.84 Å². The molecule has 0 radical (unpaired) electrons. The second-order valence-corrected chi connectivity index (χ2v) is 4.68. The second-order valence-electron chi connectivity index (χ2n) is 4.68. The summed E-state index contributed by atoms with van der Waals surface area (Å²) < 4.78 is 5.48. The van der Waals surface area contributed by atoms with Gasteiger partial charge in [-0.15, -0.1) is 0 Å². The van der Waals surface area contributed by atoms with E-state index in [4.69, 9.17) is 4.74 Å². The molecule has 2 heteroatoms. The van der Waals surface area contributed by atoms with Gasteiger partial charge in [-0.25, -0.2) is 0 Å². The Labute approximate surface area is 97.3 Å². The monoisotopic (exact) mass is 220 g/mol. The molecular formula is C14H20O2. The van der Waals surface area contributed by atoms with Gasteiger partial charge in [0.2, 0.25) is 0 Å². The van der Waals surface area contributed by atoms with Crippen LogP contribution in [0.25, 0.3) is 0 Å². The minimum absolute atomic E-state index is 0.337. The number of aliphatic hydroxyl groups is 1. The van der Waals surface area contributed by atoms with Crippen LogP contribution in [-0.2, 0) is 5.60 Å². The molecule has 16 heavy (non-hydrogen) atoms. The van der Waals surface area contributed by atoms with Crippen LogP contribution in [0.5, 0.6) is 5.75 Å². The average Bonchev–Trinajstić information content (AvgIpc) is 2.62. The molecule has 1 fully saturated rings. The van der Waals surface area contributed by atoms with E-state index in [-0.39, 0.29) is 0 Å². The molecule has 1 aliphatic carbocycles. The second kappa shape index (κ2) is 4.46. The van der Waals surface area contributed by atoms with Crippen LogP contribution in [0.15, 0.2) is 24.3 Å². The SMILES string of the molecule is CCOc1cccc(C2(O)CCCC2C)c1. The number of ether oxygens (including phenoxy) is 1. The molecule has 1 aliphatic rings. The van der Waals surface area contributed by atoms with Crippen LogP contribution in [0.4, 0.5) is 0 Å². The molecule has 0 bridgehead atoms. The average molecular weight is 220 g/mol. The van der Waals surface area contributed by atoms with E-state index >= 15 is 0 Å². The highest BCUT2D eigenvalue weighted by atomic mass is 16.5. The first-order valence-corrected chi connectivity index (χ1v) is 6.12. The van der Waals surface area contributed by atoms with Gasteiger partial charge in [-0.05, 0) is 49.8 Å². The van der Waals surface area contributed by atoms with E-state index in [0.29, 0.717) is 12.5 Å². The lowest BCUT2D eigenvalue weighted by Crippen LogP contribution is -2.28. The summed E-state index contributed by atoms with van der Waals surface area (Å²) >= 11 is 0. The van der Waals surface area contributed by atoms with Gasteiger partial charge < -0.3 is 9.84 Å². The van der Waals surface area contributed by atoms with Gasteiger partial charge in [0.25, 0.3) is 0 Å². The van der Waals surface area contributed by atoms with Gasteiger partial charge in [0, 0.05) is 0 Å². The Balaban J connectivity index is 2.29. The van der Waals surface area contributed by atoms with Crippen LogP contribution in [0.2, 0.25) is 0 Å². The maximum atomic E-state index is 10.7. The molecule has 0 amide bonds. The molecule has 2 rings (SSSR count). The Hall–Kier alpha value is -1.02.